The average molecular weight is 448 g/mol. The number of pyridine rings is 2. The molecule has 2 aliphatic rings. The van der Waals surface area contributed by atoms with E-state index in [1.54, 1.807) is 4.57 Å². The van der Waals surface area contributed by atoms with Crippen LogP contribution in [0.1, 0.15) is 49.4 Å². The highest BCUT2D eigenvalue weighted by molar-refractivity contribution is 5.89. The van der Waals surface area contributed by atoms with Crippen molar-refractivity contribution in [2.45, 2.75) is 58.4 Å². The largest absolute Gasteiger partial charge is 0.458 e. The van der Waals surface area contributed by atoms with Gasteiger partial charge in [-0.25, -0.2) is 9.78 Å². The molecule has 2 aromatic heterocycles. The second kappa shape index (κ2) is 8.08. The van der Waals surface area contributed by atoms with Crippen molar-refractivity contribution in [3.05, 3.63) is 62.9 Å². The highest BCUT2D eigenvalue weighted by Crippen LogP contribution is 2.41. The van der Waals surface area contributed by atoms with Gasteiger partial charge in [0.1, 0.15) is 6.61 Å². The Bertz CT molecular complexity index is 1320. The fraction of sp³-hybridized carbons (Fsp3) is 0.423. The average Bonchev–Trinajstić information content (AvgIpc) is 3.18. The molecule has 5 rings (SSSR count). The van der Waals surface area contributed by atoms with E-state index in [1.807, 2.05) is 31.2 Å². The van der Waals surface area contributed by atoms with E-state index in [0.717, 1.165) is 40.8 Å². The molecule has 0 fully saturated rings. The lowest BCUT2D eigenvalue weighted by Gasteiger charge is -2.34. The second-order valence-corrected chi connectivity index (χ2v) is 9.07. The number of methoxy groups -OCH3 is 1. The van der Waals surface area contributed by atoms with E-state index in [0.29, 0.717) is 30.1 Å². The Morgan fingerprint density at radius 2 is 2.03 bits per heavy atom. The molecule has 0 bridgehead atoms. The van der Waals surface area contributed by atoms with Gasteiger partial charge in [0.05, 0.1) is 29.0 Å². The van der Waals surface area contributed by atoms with Gasteiger partial charge in [-0.3, -0.25) is 4.79 Å². The maximum atomic E-state index is 13.6. The van der Waals surface area contributed by atoms with Crippen molar-refractivity contribution in [2.75, 3.05) is 13.7 Å². The smallest absolute Gasteiger partial charge is 0.343 e. The van der Waals surface area contributed by atoms with Gasteiger partial charge in [-0.05, 0) is 37.1 Å². The molecule has 0 saturated heterocycles. The summed E-state index contributed by atoms with van der Waals surface area (Å²) < 4.78 is 12.8. The van der Waals surface area contributed by atoms with E-state index in [9.17, 15) is 9.59 Å². The number of benzene rings is 1. The van der Waals surface area contributed by atoms with Crippen molar-refractivity contribution in [1.29, 1.82) is 0 Å². The Hall–Kier alpha value is -3.03. The molecule has 7 nitrogen and oxygen atoms in total. The van der Waals surface area contributed by atoms with Crippen LogP contribution < -0.4 is 10.9 Å². The summed E-state index contributed by atoms with van der Waals surface area (Å²) in [5, 5.41) is 4.61. The maximum absolute atomic E-state index is 13.6. The fourth-order valence-electron chi connectivity index (χ4n) is 5.21. The molecule has 0 saturated carbocycles. The Morgan fingerprint density at radius 1 is 1.24 bits per heavy atom. The predicted octanol–water partition coefficient (Wildman–Crippen LogP) is 3.27. The van der Waals surface area contributed by atoms with Crippen molar-refractivity contribution in [3.63, 3.8) is 0 Å². The van der Waals surface area contributed by atoms with Crippen LogP contribution in [-0.4, -0.2) is 35.2 Å². The third kappa shape index (κ3) is 3.21. The summed E-state index contributed by atoms with van der Waals surface area (Å²) in [5.74, 6) is -0.450. The molecule has 0 unspecified atom stereocenters. The van der Waals surface area contributed by atoms with Crippen molar-refractivity contribution in [3.8, 4) is 11.4 Å². The van der Waals surface area contributed by atoms with Gasteiger partial charge in [0.15, 0.2) is 5.60 Å². The molecule has 172 valence electrons. The van der Waals surface area contributed by atoms with Crippen LogP contribution in [0.5, 0.6) is 0 Å². The Labute approximate surface area is 192 Å². The molecule has 1 atom stereocenters. The molecule has 1 aromatic carbocycles. The highest BCUT2D eigenvalue weighted by atomic mass is 16.6. The van der Waals surface area contributed by atoms with E-state index in [4.69, 9.17) is 14.5 Å². The third-order valence-electron chi connectivity index (χ3n) is 6.96. The molecule has 2 aliphatic heterocycles. The number of nitrogens with zero attached hydrogens (tertiary/aromatic N) is 2. The monoisotopic (exact) mass is 447 g/mol. The van der Waals surface area contributed by atoms with Crippen molar-refractivity contribution in [1.82, 2.24) is 14.9 Å². The first-order valence-electron chi connectivity index (χ1n) is 11.5. The van der Waals surface area contributed by atoms with E-state index < -0.39 is 11.6 Å². The van der Waals surface area contributed by atoms with Crippen molar-refractivity contribution < 1.29 is 14.3 Å². The van der Waals surface area contributed by atoms with Gasteiger partial charge in [-0.2, -0.15) is 0 Å². The molecule has 0 amide bonds. The number of esters is 1. The molecule has 3 aromatic rings. The van der Waals surface area contributed by atoms with E-state index >= 15 is 0 Å². The molecule has 0 spiro atoms. The van der Waals surface area contributed by atoms with Gasteiger partial charge in [-0.1, -0.05) is 39.0 Å². The first kappa shape index (κ1) is 21.8. The number of carbonyl (C=O) groups excluding carboxylic acids is 1. The second-order valence-electron chi connectivity index (χ2n) is 9.07. The molecule has 0 radical (unpaired) electrons. The summed E-state index contributed by atoms with van der Waals surface area (Å²) in [6.45, 7) is 7.40. The van der Waals surface area contributed by atoms with Crippen LogP contribution in [0.2, 0.25) is 0 Å². The zero-order valence-electron chi connectivity index (χ0n) is 19.5. The Kier molecular flexibility index (Phi) is 5.34. The van der Waals surface area contributed by atoms with Gasteiger partial charge >= 0.3 is 5.97 Å². The minimum atomic E-state index is -1.27. The van der Waals surface area contributed by atoms with E-state index in [2.05, 4.69) is 25.2 Å². The number of ether oxygens (including phenoxy) is 2. The van der Waals surface area contributed by atoms with Crippen molar-refractivity contribution >= 4 is 16.9 Å². The molecule has 0 aliphatic carbocycles. The van der Waals surface area contributed by atoms with Gasteiger partial charge < -0.3 is 19.4 Å². The molecular weight excluding hydrogens is 418 g/mol. The normalized spacial score (nSPS) is 18.9. The highest BCUT2D eigenvalue weighted by Gasteiger charge is 2.47. The number of hydrogen-bond acceptors (Lipinski definition) is 6. The number of nitrogens with one attached hydrogen (secondary N) is 1. The number of carbonyl (C=O) groups is 1. The summed E-state index contributed by atoms with van der Waals surface area (Å²) in [6.07, 6.45) is 1.22. The van der Waals surface area contributed by atoms with Crippen LogP contribution in [0.25, 0.3) is 22.3 Å². The number of aromatic nitrogens is 2. The van der Waals surface area contributed by atoms with Crippen LogP contribution in [0, 0.1) is 0 Å². The maximum Gasteiger partial charge on any atom is 0.343 e. The van der Waals surface area contributed by atoms with Crippen molar-refractivity contribution in [2.24, 2.45) is 0 Å². The van der Waals surface area contributed by atoms with Crippen LogP contribution in [0.3, 0.4) is 0 Å². The van der Waals surface area contributed by atoms with Gasteiger partial charge in [0.2, 0.25) is 0 Å². The Balaban J connectivity index is 1.73. The summed E-state index contributed by atoms with van der Waals surface area (Å²) in [4.78, 5) is 31.3. The fourth-order valence-corrected chi connectivity index (χ4v) is 5.21. The summed E-state index contributed by atoms with van der Waals surface area (Å²) in [7, 11) is 1.49. The zero-order valence-corrected chi connectivity index (χ0v) is 19.5. The molecule has 7 heteroatoms. The number of fused-ring (bicyclic) bond motifs is 5. The molecule has 1 N–H and O–H groups in total. The predicted molar refractivity (Wildman–Crippen MR) is 126 cm³/mol. The van der Waals surface area contributed by atoms with Gasteiger partial charge in [0.25, 0.3) is 5.56 Å². The first-order valence-corrected chi connectivity index (χ1v) is 11.5. The minimum Gasteiger partial charge on any atom is -0.458 e. The molecule has 33 heavy (non-hydrogen) atoms. The van der Waals surface area contributed by atoms with Gasteiger partial charge in [-0.15, -0.1) is 0 Å². The lowest BCUT2D eigenvalue weighted by molar-refractivity contribution is -0.176. The van der Waals surface area contributed by atoms with Crippen LogP contribution in [0.15, 0.2) is 35.1 Å². The summed E-state index contributed by atoms with van der Waals surface area (Å²) in [6, 6.07) is 10.4. The molecule has 4 heterocycles. The minimum absolute atomic E-state index is 0.0324. The number of hydrogen-bond donors (Lipinski definition) is 1. The van der Waals surface area contributed by atoms with Crippen LogP contribution >= 0.6 is 0 Å². The molecular formula is C26H29N3O4. The van der Waals surface area contributed by atoms with Gasteiger partial charge in [0, 0.05) is 29.7 Å². The Morgan fingerprint density at radius 3 is 2.76 bits per heavy atom. The number of para-hydroxylation sites is 1. The summed E-state index contributed by atoms with van der Waals surface area (Å²) in [5.41, 5.74) is 4.42. The lowest BCUT2D eigenvalue weighted by atomic mass is 9.85. The van der Waals surface area contributed by atoms with Crippen LogP contribution in [-0.2, 0) is 39.4 Å². The topological polar surface area (TPSA) is 82.5 Å². The lowest BCUT2D eigenvalue weighted by Crippen LogP contribution is -2.45. The zero-order chi connectivity index (χ0) is 23.3. The van der Waals surface area contributed by atoms with E-state index in [1.165, 1.54) is 12.7 Å². The van der Waals surface area contributed by atoms with Crippen LogP contribution in [0.4, 0.5) is 0 Å². The number of rotatable bonds is 6. The third-order valence-corrected chi connectivity index (χ3v) is 6.96. The SMILES string of the molecule is CC[C@@]1(OC)C(=O)OCc2c1cc1n(c2=O)Cc2c-1nc1ccccc1c2CCNC(C)C. The standard InChI is InChI=1S/C26H29N3O4/c1-5-26(32-4)20-12-22-23-18(13-29(22)24(30)19(20)14-33-25(26)31)16(10-11-27-15(2)3)17-8-6-7-9-21(17)28-23/h6-9,12,15,27H,5,10-11,13-14H2,1-4H3/t26-/m0/s1. The number of cyclic esters (lactones) is 1. The first-order chi connectivity index (χ1) is 15.9. The quantitative estimate of drug-likeness (QED) is 0.457. The van der Waals surface area contributed by atoms with E-state index in [-0.39, 0.29) is 12.2 Å². The summed E-state index contributed by atoms with van der Waals surface area (Å²) >= 11 is 0.